The molecule has 164 valence electrons. The van der Waals surface area contributed by atoms with Gasteiger partial charge < -0.3 is 14.1 Å². The molecular weight excluding hydrogens is 422 g/mol. The number of aryl methyl sites for hydroxylation is 1. The van der Waals surface area contributed by atoms with Crippen LogP contribution < -0.4 is 5.01 Å². The number of hydrogen-bond donors (Lipinski definition) is 0. The molecule has 0 N–H and O–H groups in total. The van der Waals surface area contributed by atoms with Crippen molar-refractivity contribution in [2.45, 2.75) is 37.6 Å². The number of hydrogen-bond acceptors (Lipinski definition) is 8. The molecule has 0 atom stereocenters. The van der Waals surface area contributed by atoms with Gasteiger partial charge in [-0.2, -0.15) is 5.10 Å². The van der Waals surface area contributed by atoms with E-state index in [1.165, 1.54) is 24.3 Å². The van der Waals surface area contributed by atoms with Crippen LogP contribution in [0.3, 0.4) is 0 Å². The summed E-state index contributed by atoms with van der Waals surface area (Å²) in [6.07, 6.45) is 2.68. The highest BCUT2D eigenvalue weighted by Crippen LogP contribution is 2.34. The number of furan rings is 1. The molecule has 1 saturated heterocycles. The second-order valence-electron chi connectivity index (χ2n) is 7.55. The smallest absolute Gasteiger partial charge is 0.373 e. The van der Waals surface area contributed by atoms with Gasteiger partial charge in [0.1, 0.15) is 5.76 Å². The van der Waals surface area contributed by atoms with Gasteiger partial charge >= 0.3 is 5.97 Å². The minimum Gasteiger partial charge on any atom is -0.463 e. The quantitative estimate of drug-likeness (QED) is 0.665. The molecule has 0 spiro atoms. The summed E-state index contributed by atoms with van der Waals surface area (Å²) >= 11 is 0. The first-order valence-corrected chi connectivity index (χ1v) is 11.5. The van der Waals surface area contributed by atoms with Crippen molar-refractivity contribution in [3.63, 3.8) is 0 Å². The third-order valence-electron chi connectivity index (χ3n) is 5.33. The Morgan fingerprint density at radius 2 is 1.87 bits per heavy atom. The number of esters is 1. The third-order valence-corrected chi connectivity index (χ3v) is 7.02. The summed E-state index contributed by atoms with van der Waals surface area (Å²) in [7, 11) is -2.82. The molecule has 0 saturated carbocycles. The lowest BCUT2D eigenvalue weighted by Crippen LogP contribution is -2.45. The zero-order valence-corrected chi connectivity index (χ0v) is 18.1. The second-order valence-corrected chi connectivity index (χ2v) is 9.38. The summed E-state index contributed by atoms with van der Waals surface area (Å²) in [6.45, 7) is 2.90. The van der Waals surface area contributed by atoms with Crippen molar-refractivity contribution >= 4 is 32.4 Å². The fraction of sp³-hybridized carbons (Fsp3) is 0.381. The molecule has 9 nitrogen and oxygen atoms in total. The number of ether oxygens (including phenoxy) is 1. The molecule has 31 heavy (non-hydrogen) atoms. The standard InChI is InChI=1S/C21H23N3O6S/c1-14-6-9-18-16(12-14)24(13-15-7-8-17(30-15)21(26)29-2)22-19(31(18,27)28)20(25)23-10-4-3-5-11-23/h6-9,12H,3-5,10-11,13H2,1-2H3. The normalized spacial score (nSPS) is 17.7. The van der Waals surface area contributed by atoms with E-state index in [-0.39, 0.29) is 17.2 Å². The van der Waals surface area contributed by atoms with Crippen LogP contribution in [0.4, 0.5) is 5.69 Å². The highest BCUT2D eigenvalue weighted by Gasteiger charge is 2.39. The van der Waals surface area contributed by atoms with E-state index in [1.54, 1.807) is 23.1 Å². The maximum atomic E-state index is 13.2. The number of hydrazone groups is 1. The number of likely N-dealkylation sites (tertiary alicyclic amines) is 1. The number of amides is 1. The van der Waals surface area contributed by atoms with Gasteiger partial charge in [-0.1, -0.05) is 6.07 Å². The molecule has 3 heterocycles. The van der Waals surface area contributed by atoms with Crippen LogP contribution in [0.1, 0.15) is 41.1 Å². The molecule has 0 aliphatic carbocycles. The number of carbonyl (C=O) groups is 2. The van der Waals surface area contributed by atoms with Crippen LogP contribution in [0, 0.1) is 6.92 Å². The van der Waals surface area contributed by atoms with E-state index < -0.39 is 26.8 Å². The SMILES string of the molecule is COC(=O)c1ccc(CN2N=C(C(=O)N3CCCCC3)S(=O)(=O)c3ccc(C)cc32)o1. The van der Waals surface area contributed by atoms with E-state index in [1.807, 2.05) is 6.92 Å². The molecule has 2 aliphatic heterocycles. The van der Waals surface area contributed by atoms with Crippen LogP contribution in [0.5, 0.6) is 0 Å². The van der Waals surface area contributed by atoms with Crippen molar-refractivity contribution in [1.29, 1.82) is 0 Å². The van der Waals surface area contributed by atoms with Crippen molar-refractivity contribution in [1.82, 2.24) is 4.90 Å². The van der Waals surface area contributed by atoms with Crippen LogP contribution in [-0.4, -0.2) is 50.4 Å². The third kappa shape index (κ3) is 3.95. The number of fused-ring (bicyclic) bond motifs is 1. The van der Waals surface area contributed by atoms with Gasteiger partial charge in [-0.15, -0.1) is 0 Å². The predicted molar refractivity (Wildman–Crippen MR) is 112 cm³/mol. The van der Waals surface area contributed by atoms with Gasteiger partial charge in [-0.05, 0) is 56.0 Å². The van der Waals surface area contributed by atoms with Gasteiger partial charge in [0, 0.05) is 13.1 Å². The lowest BCUT2D eigenvalue weighted by molar-refractivity contribution is -0.124. The summed E-state index contributed by atoms with van der Waals surface area (Å²) < 4.78 is 36.6. The van der Waals surface area contributed by atoms with Gasteiger partial charge in [-0.25, -0.2) is 13.2 Å². The maximum Gasteiger partial charge on any atom is 0.373 e. The Labute approximate surface area is 180 Å². The van der Waals surface area contributed by atoms with E-state index in [4.69, 9.17) is 4.42 Å². The Bertz CT molecular complexity index is 1160. The first-order chi connectivity index (χ1) is 14.8. The minimum atomic E-state index is -4.07. The fourth-order valence-corrected chi connectivity index (χ4v) is 5.17. The number of nitrogens with zero attached hydrogens (tertiary/aromatic N) is 3. The summed E-state index contributed by atoms with van der Waals surface area (Å²) in [5.74, 6) is -0.806. The highest BCUT2D eigenvalue weighted by molar-refractivity contribution is 8.08. The van der Waals surface area contributed by atoms with E-state index in [2.05, 4.69) is 9.84 Å². The molecule has 2 aromatic rings. The first kappa shape index (κ1) is 21.1. The van der Waals surface area contributed by atoms with Crippen LogP contribution in [0.25, 0.3) is 0 Å². The Kier molecular flexibility index (Phi) is 5.57. The lowest BCUT2D eigenvalue weighted by atomic mass is 10.1. The molecule has 2 aliphatic rings. The zero-order chi connectivity index (χ0) is 22.2. The van der Waals surface area contributed by atoms with E-state index in [9.17, 15) is 18.0 Å². The van der Waals surface area contributed by atoms with E-state index >= 15 is 0 Å². The molecule has 0 unspecified atom stereocenters. The number of piperidine rings is 1. The van der Waals surface area contributed by atoms with Gasteiger partial charge in [0.05, 0.1) is 24.2 Å². The second kappa shape index (κ2) is 8.18. The van der Waals surface area contributed by atoms with Crippen molar-refractivity contribution in [3.8, 4) is 0 Å². The number of carbonyl (C=O) groups excluding carboxylic acids is 2. The van der Waals surface area contributed by atoms with Crippen LogP contribution in [0.15, 0.2) is 44.7 Å². The Morgan fingerprint density at radius 3 is 2.58 bits per heavy atom. The lowest BCUT2D eigenvalue weighted by Gasteiger charge is -2.31. The van der Waals surface area contributed by atoms with Crippen LogP contribution >= 0.6 is 0 Å². The molecular formula is C21H23N3O6S. The van der Waals surface area contributed by atoms with Crippen molar-refractivity contribution in [2.24, 2.45) is 5.10 Å². The molecule has 0 radical (unpaired) electrons. The number of rotatable bonds is 4. The molecule has 10 heteroatoms. The number of anilines is 1. The van der Waals surface area contributed by atoms with Crippen molar-refractivity contribution in [3.05, 3.63) is 47.4 Å². The summed E-state index contributed by atoms with van der Waals surface area (Å²) in [6, 6.07) is 7.94. The average Bonchev–Trinajstić information content (AvgIpc) is 3.23. The van der Waals surface area contributed by atoms with E-state index in [0.717, 1.165) is 24.8 Å². The van der Waals surface area contributed by atoms with Gasteiger partial charge in [0.25, 0.3) is 5.91 Å². The maximum absolute atomic E-state index is 13.2. The fourth-order valence-electron chi connectivity index (χ4n) is 3.71. The van der Waals surface area contributed by atoms with Gasteiger partial charge in [0.2, 0.25) is 20.6 Å². The number of methoxy groups -OCH3 is 1. The Hall–Kier alpha value is -3.14. The first-order valence-electron chi connectivity index (χ1n) is 9.99. The summed E-state index contributed by atoms with van der Waals surface area (Å²) in [5, 5.41) is 5.19. The minimum absolute atomic E-state index is 0.0215. The topological polar surface area (TPSA) is 109 Å². The molecule has 0 bridgehead atoms. The zero-order valence-electron chi connectivity index (χ0n) is 17.3. The van der Waals surface area contributed by atoms with Crippen molar-refractivity contribution < 1.29 is 27.2 Å². The molecule has 1 aromatic carbocycles. The van der Waals surface area contributed by atoms with E-state index in [0.29, 0.717) is 24.5 Å². The monoisotopic (exact) mass is 445 g/mol. The van der Waals surface area contributed by atoms with Gasteiger partial charge in [-0.3, -0.25) is 9.80 Å². The molecule has 1 amide bonds. The van der Waals surface area contributed by atoms with Crippen LogP contribution in [-0.2, 0) is 25.9 Å². The molecule has 1 aromatic heterocycles. The molecule has 4 rings (SSSR count). The van der Waals surface area contributed by atoms with Crippen LogP contribution in [0.2, 0.25) is 0 Å². The number of sulfone groups is 1. The summed E-state index contributed by atoms with van der Waals surface area (Å²) in [4.78, 5) is 26.3. The Morgan fingerprint density at radius 1 is 1.13 bits per heavy atom. The van der Waals surface area contributed by atoms with Crippen molar-refractivity contribution in [2.75, 3.05) is 25.2 Å². The highest BCUT2D eigenvalue weighted by atomic mass is 32.2. The molecule has 1 fully saturated rings. The predicted octanol–water partition coefficient (Wildman–Crippen LogP) is 2.49. The largest absolute Gasteiger partial charge is 0.463 e. The number of benzene rings is 1. The summed E-state index contributed by atoms with van der Waals surface area (Å²) in [5.41, 5.74) is 1.20. The average molecular weight is 445 g/mol. The van der Waals surface area contributed by atoms with Gasteiger partial charge in [0.15, 0.2) is 0 Å². The Balaban J connectivity index is 1.74.